The van der Waals surface area contributed by atoms with E-state index in [0.29, 0.717) is 13.3 Å². The van der Waals surface area contributed by atoms with E-state index in [1.54, 1.807) is 0 Å². The van der Waals surface area contributed by atoms with Crippen LogP contribution < -0.4 is 5.73 Å². The Balaban J connectivity index is 1.45. The first-order chi connectivity index (χ1) is 11.8. The van der Waals surface area contributed by atoms with E-state index in [1.807, 2.05) is 30.6 Å². The van der Waals surface area contributed by atoms with Crippen molar-refractivity contribution in [3.8, 4) is 0 Å². The summed E-state index contributed by atoms with van der Waals surface area (Å²) < 4.78 is 7.89. The smallest absolute Gasteiger partial charge is 0.124 e. The van der Waals surface area contributed by atoms with Crippen LogP contribution in [0, 0.1) is 5.92 Å². The third kappa shape index (κ3) is 5.18. The number of hydrogen-bond acceptors (Lipinski definition) is 3. The van der Waals surface area contributed by atoms with E-state index in [-0.39, 0.29) is 6.04 Å². The van der Waals surface area contributed by atoms with Gasteiger partial charge in [0, 0.05) is 24.9 Å². The Morgan fingerprint density at radius 3 is 2.75 bits per heavy atom. The minimum atomic E-state index is 0.198. The Bertz CT molecular complexity index is 590. The number of benzene rings is 1. The Morgan fingerprint density at radius 2 is 1.96 bits per heavy atom. The normalized spacial score (nSPS) is 17.0. The zero-order valence-corrected chi connectivity index (χ0v) is 14.4. The molecule has 1 saturated carbocycles. The summed E-state index contributed by atoms with van der Waals surface area (Å²) in [6.07, 6.45) is 12.6. The van der Waals surface area contributed by atoms with Crippen LogP contribution in [-0.4, -0.2) is 15.6 Å². The molecule has 1 aromatic heterocycles. The van der Waals surface area contributed by atoms with Crippen molar-refractivity contribution in [3.63, 3.8) is 0 Å². The molecule has 0 bridgehead atoms. The fourth-order valence-corrected chi connectivity index (χ4v) is 3.65. The second-order valence-corrected chi connectivity index (χ2v) is 6.98. The summed E-state index contributed by atoms with van der Waals surface area (Å²) in [6.45, 7) is 1.15. The molecule has 1 aliphatic carbocycles. The molecular weight excluding hydrogens is 298 g/mol. The van der Waals surface area contributed by atoms with Gasteiger partial charge < -0.3 is 15.0 Å². The van der Waals surface area contributed by atoms with Gasteiger partial charge in [0.15, 0.2) is 0 Å². The second-order valence-electron chi connectivity index (χ2n) is 6.98. The van der Waals surface area contributed by atoms with E-state index in [1.165, 1.54) is 37.7 Å². The monoisotopic (exact) mass is 327 g/mol. The number of nitrogens with zero attached hydrogens (tertiary/aromatic N) is 2. The minimum Gasteiger partial charge on any atom is -0.356 e. The topological polar surface area (TPSA) is 53.1 Å². The molecular formula is C20H29N3O. The van der Waals surface area contributed by atoms with Gasteiger partial charge in [0.25, 0.3) is 0 Å². The molecule has 4 heteroatoms. The molecule has 1 aromatic carbocycles. The summed E-state index contributed by atoms with van der Waals surface area (Å²) in [6, 6.07) is 10.4. The first-order valence-electron chi connectivity index (χ1n) is 9.18. The predicted octanol–water partition coefficient (Wildman–Crippen LogP) is 3.90. The van der Waals surface area contributed by atoms with Crippen molar-refractivity contribution in [1.29, 1.82) is 0 Å². The molecule has 2 N–H and O–H groups in total. The Kier molecular flexibility index (Phi) is 6.44. The van der Waals surface area contributed by atoms with Crippen LogP contribution in [-0.2, 0) is 24.5 Å². The van der Waals surface area contributed by atoms with Gasteiger partial charge in [-0.05, 0) is 17.9 Å². The molecule has 2 aromatic rings. The fraction of sp³-hybridized carbons (Fsp3) is 0.550. The van der Waals surface area contributed by atoms with Crippen LogP contribution in [0.4, 0.5) is 0 Å². The van der Waals surface area contributed by atoms with Crippen molar-refractivity contribution in [3.05, 3.63) is 54.1 Å². The SMILES string of the molecule is NC(Cc1nccn1COCc1ccccc1)CC1CCCCC1. The standard InChI is InChI=1S/C20H29N3O/c21-19(13-17-7-3-1-4-8-17)14-20-22-11-12-23(20)16-24-15-18-9-5-2-6-10-18/h2,5-6,9-12,17,19H,1,3-4,7-8,13-16,21H2. The average Bonchev–Trinajstić information content (AvgIpc) is 3.04. The lowest BCUT2D eigenvalue weighted by Crippen LogP contribution is -2.28. The third-order valence-electron chi connectivity index (χ3n) is 4.95. The molecule has 130 valence electrons. The van der Waals surface area contributed by atoms with Crippen LogP contribution >= 0.6 is 0 Å². The van der Waals surface area contributed by atoms with Crippen molar-refractivity contribution in [2.75, 3.05) is 0 Å². The summed E-state index contributed by atoms with van der Waals surface area (Å²) in [4.78, 5) is 4.48. The summed E-state index contributed by atoms with van der Waals surface area (Å²) >= 11 is 0. The van der Waals surface area contributed by atoms with Crippen molar-refractivity contribution in [1.82, 2.24) is 9.55 Å². The molecule has 3 rings (SSSR count). The lowest BCUT2D eigenvalue weighted by molar-refractivity contribution is 0.0619. The number of nitrogens with two attached hydrogens (primary N) is 1. The lowest BCUT2D eigenvalue weighted by atomic mass is 9.84. The van der Waals surface area contributed by atoms with Crippen molar-refractivity contribution < 1.29 is 4.74 Å². The zero-order valence-electron chi connectivity index (χ0n) is 14.4. The molecule has 1 heterocycles. The van der Waals surface area contributed by atoms with Crippen molar-refractivity contribution in [2.45, 2.75) is 64.3 Å². The van der Waals surface area contributed by atoms with E-state index >= 15 is 0 Å². The van der Waals surface area contributed by atoms with Crippen LogP contribution in [0.3, 0.4) is 0 Å². The quantitative estimate of drug-likeness (QED) is 0.800. The van der Waals surface area contributed by atoms with Gasteiger partial charge in [0.05, 0.1) is 6.61 Å². The Labute approximate surface area is 145 Å². The highest BCUT2D eigenvalue weighted by Gasteiger charge is 2.18. The van der Waals surface area contributed by atoms with E-state index in [2.05, 4.69) is 21.7 Å². The number of imidazole rings is 1. The molecule has 0 radical (unpaired) electrons. The highest BCUT2D eigenvalue weighted by Crippen LogP contribution is 2.27. The van der Waals surface area contributed by atoms with Crippen molar-refractivity contribution >= 4 is 0 Å². The summed E-state index contributed by atoms with van der Waals surface area (Å²) in [7, 11) is 0. The molecule has 0 aliphatic heterocycles. The molecule has 0 spiro atoms. The van der Waals surface area contributed by atoms with Crippen LogP contribution in [0.15, 0.2) is 42.7 Å². The predicted molar refractivity (Wildman–Crippen MR) is 96.3 cm³/mol. The van der Waals surface area contributed by atoms with Gasteiger partial charge in [-0.15, -0.1) is 0 Å². The average molecular weight is 327 g/mol. The minimum absolute atomic E-state index is 0.198. The van der Waals surface area contributed by atoms with Gasteiger partial charge in [-0.1, -0.05) is 62.4 Å². The van der Waals surface area contributed by atoms with Gasteiger partial charge in [0.2, 0.25) is 0 Å². The van der Waals surface area contributed by atoms with E-state index in [0.717, 1.165) is 24.6 Å². The van der Waals surface area contributed by atoms with E-state index < -0.39 is 0 Å². The van der Waals surface area contributed by atoms with Gasteiger partial charge in [-0.25, -0.2) is 4.98 Å². The molecule has 0 saturated heterocycles. The Hall–Kier alpha value is -1.65. The first-order valence-corrected chi connectivity index (χ1v) is 9.18. The maximum atomic E-state index is 6.39. The first kappa shape index (κ1) is 17.2. The lowest BCUT2D eigenvalue weighted by Gasteiger charge is -2.24. The summed E-state index contributed by atoms with van der Waals surface area (Å²) in [5, 5.41) is 0. The second kappa shape index (κ2) is 9.00. The maximum absolute atomic E-state index is 6.39. The number of aromatic nitrogens is 2. The van der Waals surface area contributed by atoms with Crippen LogP contribution in [0.1, 0.15) is 49.9 Å². The number of hydrogen-bond donors (Lipinski definition) is 1. The molecule has 4 nitrogen and oxygen atoms in total. The molecule has 1 atom stereocenters. The molecule has 1 unspecified atom stereocenters. The molecule has 0 amide bonds. The van der Waals surface area contributed by atoms with Crippen LogP contribution in [0.2, 0.25) is 0 Å². The number of rotatable bonds is 8. The fourth-order valence-electron chi connectivity index (χ4n) is 3.65. The molecule has 1 aliphatic rings. The van der Waals surface area contributed by atoms with Crippen LogP contribution in [0.25, 0.3) is 0 Å². The van der Waals surface area contributed by atoms with Gasteiger partial charge >= 0.3 is 0 Å². The molecule has 24 heavy (non-hydrogen) atoms. The van der Waals surface area contributed by atoms with E-state index in [4.69, 9.17) is 10.5 Å². The van der Waals surface area contributed by atoms with Gasteiger partial charge in [-0.2, -0.15) is 0 Å². The third-order valence-corrected chi connectivity index (χ3v) is 4.95. The summed E-state index contributed by atoms with van der Waals surface area (Å²) in [5.41, 5.74) is 7.58. The highest BCUT2D eigenvalue weighted by molar-refractivity contribution is 5.13. The number of ether oxygens (including phenoxy) is 1. The highest BCUT2D eigenvalue weighted by atomic mass is 16.5. The Morgan fingerprint density at radius 1 is 1.17 bits per heavy atom. The maximum Gasteiger partial charge on any atom is 0.124 e. The van der Waals surface area contributed by atoms with Crippen molar-refractivity contribution in [2.24, 2.45) is 11.7 Å². The van der Waals surface area contributed by atoms with E-state index in [9.17, 15) is 0 Å². The van der Waals surface area contributed by atoms with Gasteiger partial charge in [0.1, 0.15) is 12.6 Å². The zero-order chi connectivity index (χ0) is 16.6. The molecule has 1 fully saturated rings. The summed E-state index contributed by atoms with van der Waals surface area (Å²) in [5.74, 6) is 1.85. The largest absolute Gasteiger partial charge is 0.356 e. The van der Waals surface area contributed by atoms with Gasteiger partial charge in [-0.3, -0.25) is 0 Å². The van der Waals surface area contributed by atoms with Crippen LogP contribution in [0.5, 0.6) is 0 Å².